The lowest BCUT2D eigenvalue weighted by Crippen LogP contribution is -2.27. The number of nitrogens with one attached hydrogen (secondary N) is 1. The predicted molar refractivity (Wildman–Crippen MR) is 78.2 cm³/mol. The van der Waals surface area contributed by atoms with Crippen LogP contribution in [-0.4, -0.2) is 26.5 Å². The van der Waals surface area contributed by atoms with E-state index in [0.29, 0.717) is 4.47 Å². The van der Waals surface area contributed by atoms with E-state index in [-0.39, 0.29) is 23.6 Å². The van der Waals surface area contributed by atoms with Crippen molar-refractivity contribution in [2.24, 2.45) is 0 Å². The van der Waals surface area contributed by atoms with Crippen LogP contribution in [0.3, 0.4) is 0 Å². The Hall–Kier alpha value is -2.48. The molecule has 108 valence electrons. The minimum Gasteiger partial charge on any atom is -0.477 e. The highest BCUT2D eigenvalue weighted by Gasteiger charge is 2.09. The number of carboxylic acid groups (broad SMARTS) is 1. The van der Waals surface area contributed by atoms with Gasteiger partial charge in [-0.2, -0.15) is 0 Å². The molecule has 0 saturated carbocycles. The Kier molecular flexibility index (Phi) is 4.49. The van der Waals surface area contributed by atoms with Crippen molar-refractivity contribution in [3.05, 3.63) is 57.0 Å². The van der Waals surface area contributed by atoms with Crippen LogP contribution < -0.4 is 10.9 Å². The van der Waals surface area contributed by atoms with Gasteiger partial charge < -0.3 is 15.0 Å². The minimum absolute atomic E-state index is 0.114. The summed E-state index contributed by atoms with van der Waals surface area (Å²) in [4.78, 5) is 38.0. The van der Waals surface area contributed by atoms with Crippen LogP contribution in [0.5, 0.6) is 0 Å². The molecule has 21 heavy (non-hydrogen) atoms. The van der Waals surface area contributed by atoms with Crippen LogP contribution in [0, 0.1) is 0 Å². The lowest BCUT2D eigenvalue weighted by molar-refractivity contribution is -0.116. The highest BCUT2D eigenvalue weighted by molar-refractivity contribution is 9.10. The molecule has 2 aromatic heterocycles. The summed E-state index contributed by atoms with van der Waals surface area (Å²) in [7, 11) is 0. The third-order valence-corrected chi connectivity index (χ3v) is 2.97. The van der Waals surface area contributed by atoms with Gasteiger partial charge in [0.05, 0.1) is 0 Å². The number of aromatic nitrogens is 2. The Balaban J connectivity index is 2.11. The van der Waals surface area contributed by atoms with Crippen molar-refractivity contribution in [1.82, 2.24) is 9.55 Å². The number of rotatable bonds is 4. The molecule has 0 aromatic carbocycles. The second-order valence-corrected chi connectivity index (χ2v) is 4.99. The number of carbonyl (C=O) groups excluding carboxylic acids is 1. The van der Waals surface area contributed by atoms with Gasteiger partial charge in [-0.1, -0.05) is 6.07 Å². The molecule has 0 unspecified atom stereocenters. The van der Waals surface area contributed by atoms with Crippen LogP contribution in [0.25, 0.3) is 0 Å². The highest BCUT2D eigenvalue weighted by Crippen LogP contribution is 2.07. The zero-order valence-corrected chi connectivity index (χ0v) is 12.2. The fourth-order valence-corrected chi connectivity index (χ4v) is 1.97. The van der Waals surface area contributed by atoms with Crippen molar-refractivity contribution in [2.75, 3.05) is 5.32 Å². The summed E-state index contributed by atoms with van der Waals surface area (Å²) >= 11 is 3.21. The first-order valence-corrected chi connectivity index (χ1v) is 6.61. The van der Waals surface area contributed by atoms with Gasteiger partial charge in [-0.3, -0.25) is 9.59 Å². The Bertz CT molecular complexity index is 757. The molecule has 0 bridgehead atoms. The SMILES string of the molecule is O=C(Cn1cc(Br)ccc1=O)Nc1cccc(C(=O)O)n1. The van der Waals surface area contributed by atoms with Gasteiger partial charge >= 0.3 is 5.97 Å². The summed E-state index contributed by atoms with van der Waals surface area (Å²) in [5, 5.41) is 11.3. The zero-order chi connectivity index (χ0) is 15.4. The number of aromatic carboxylic acids is 1. The van der Waals surface area contributed by atoms with E-state index in [0.717, 1.165) is 0 Å². The standard InChI is InChI=1S/C13H10BrN3O4/c14-8-4-5-12(19)17(6-8)7-11(18)16-10-3-1-2-9(15-10)13(20)21/h1-6H,7H2,(H,20,21)(H,15,16,18). The molecule has 8 heteroatoms. The molecule has 0 aliphatic carbocycles. The predicted octanol–water partition coefficient (Wildman–Crippen LogP) is 1.34. The van der Waals surface area contributed by atoms with Gasteiger partial charge in [0.2, 0.25) is 5.91 Å². The fraction of sp³-hybridized carbons (Fsp3) is 0.0769. The average molecular weight is 352 g/mol. The van der Waals surface area contributed by atoms with Crippen LogP contribution in [0.4, 0.5) is 5.82 Å². The molecule has 2 heterocycles. The van der Waals surface area contributed by atoms with E-state index in [1.165, 1.54) is 35.0 Å². The molecule has 2 N–H and O–H groups in total. The highest BCUT2D eigenvalue weighted by atomic mass is 79.9. The molecule has 1 amide bonds. The van der Waals surface area contributed by atoms with E-state index in [1.807, 2.05) is 0 Å². The van der Waals surface area contributed by atoms with Crippen LogP contribution >= 0.6 is 15.9 Å². The van der Waals surface area contributed by atoms with Gasteiger partial charge in [-0.05, 0) is 34.1 Å². The summed E-state index contributed by atoms with van der Waals surface area (Å²) in [6, 6.07) is 7.16. The topological polar surface area (TPSA) is 101 Å². The first-order chi connectivity index (χ1) is 9.95. The molecule has 2 aromatic rings. The zero-order valence-electron chi connectivity index (χ0n) is 10.6. The van der Waals surface area contributed by atoms with E-state index < -0.39 is 11.9 Å². The van der Waals surface area contributed by atoms with Crippen molar-refractivity contribution in [1.29, 1.82) is 0 Å². The maximum absolute atomic E-state index is 11.9. The van der Waals surface area contributed by atoms with Crippen molar-refractivity contribution in [2.45, 2.75) is 6.54 Å². The van der Waals surface area contributed by atoms with Crippen molar-refractivity contribution >= 4 is 33.6 Å². The van der Waals surface area contributed by atoms with Gasteiger partial charge in [0.15, 0.2) is 5.69 Å². The molecule has 2 rings (SSSR count). The monoisotopic (exact) mass is 351 g/mol. The third kappa shape index (κ3) is 3.99. The van der Waals surface area contributed by atoms with Crippen molar-refractivity contribution in [3.63, 3.8) is 0 Å². The first-order valence-electron chi connectivity index (χ1n) is 5.82. The number of anilines is 1. The van der Waals surface area contributed by atoms with Crippen LogP contribution in [-0.2, 0) is 11.3 Å². The molecule has 0 spiro atoms. The molecule has 0 atom stereocenters. The Morgan fingerprint density at radius 1 is 1.29 bits per heavy atom. The van der Waals surface area contributed by atoms with Crippen LogP contribution in [0.2, 0.25) is 0 Å². The molecule has 0 aliphatic heterocycles. The van der Waals surface area contributed by atoms with Crippen molar-refractivity contribution < 1.29 is 14.7 Å². The minimum atomic E-state index is -1.19. The lowest BCUT2D eigenvalue weighted by atomic mass is 10.3. The fourth-order valence-electron chi connectivity index (χ4n) is 1.59. The third-order valence-electron chi connectivity index (χ3n) is 2.50. The van der Waals surface area contributed by atoms with Crippen molar-refractivity contribution in [3.8, 4) is 0 Å². The number of pyridine rings is 2. The van der Waals surface area contributed by atoms with Gasteiger partial charge in [0, 0.05) is 16.7 Å². The summed E-state index contributed by atoms with van der Waals surface area (Å²) in [5.41, 5.74) is -0.493. The lowest BCUT2D eigenvalue weighted by Gasteiger charge is -2.07. The second-order valence-electron chi connectivity index (χ2n) is 4.07. The number of halogens is 1. The number of carboxylic acids is 1. The van der Waals surface area contributed by atoms with Crippen LogP contribution in [0.15, 0.2) is 45.8 Å². The largest absolute Gasteiger partial charge is 0.477 e. The second kappa shape index (κ2) is 6.31. The van der Waals surface area contributed by atoms with E-state index >= 15 is 0 Å². The molecule has 0 radical (unpaired) electrons. The molecular formula is C13H10BrN3O4. The summed E-state index contributed by atoms with van der Waals surface area (Å²) in [6.07, 6.45) is 1.49. The van der Waals surface area contributed by atoms with Gasteiger partial charge in [0.25, 0.3) is 5.56 Å². The summed E-state index contributed by atoms with van der Waals surface area (Å²) in [5.74, 6) is -1.55. The smallest absolute Gasteiger partial charge is 0.354 e. The molecule has 0 saturated heterocycles. The number of carbonyl (C=O) groups is 2. The van der Waals surface area contributed by atoms with E-state index in [1.54, 1.807) is 6.07 Å². The van der Waals surface area contributed by atoms with E-state index in [9.17, 15) is 14.4 Å². The van der Waals surface area contributed by atoms with Gasteiger partial charge in [-0.15, -0.1) is 0 Å². The number of hydrogen-bond acceptors (Lipinski definition) is 4. The quantitative estimate of drug-likeness (QED) is 0.865. The molecule has 0 fully saturated rings. The Labute approximate surface area is 127 Å². The molecule has 7 nitrogen and oxygen atoms in total. The maximum Gasteiger partial charge on any atom is 0.354 e. The first kappa shape index (κ1) is 14.9. The van der Waals surface area contributed by atoms with E-state index in [2.05, 4.69) is 26.2 Å². The number of amides is 1. The number of nitrogens with zero attached hydrogens (tertiary/aromatic N) is 2. The van der Waals surface area contributed by atoms with Gasteiger partial charge in [0.1, 0.15) is 12.4 Å². The summed E-state index contributed by atoms with van der Waals surface area (Å²) < 4.78 is 1.89. The van der Waals surface area contributed by atoms with E-state index in [4.69, 9.17) is 5.11 Å². The maximum atomic E-state index is 11.9. The Morgan fingerprint density at radius 2 is 2.05 bits per heavy atom. The van der Waals surface area contributed by atoms with Gasteiger partial charge in [-0.25, -0.2) is 9.78 Å². The summed E-state index contributed by atoms with van der Waals surface area (Å²) in [6.45, 7) is -0.197. The average Bonchev–Trinajstić information content (AvgIpc) is 2.43. The normalized spacial score (nSPS) is 10.1. The Morgan fingerprint density at radius 3 is 2.76 bits per heavy atom. The van der Waals surface area contributed by atoms with Crippen LogP contribution in [0.1, 0.15) is 10.5 Å². The molecular weight excluding hydrogens is 342 g/mol. The number of hydrogen-bond donors (Lipinski definition) is 2. The molecule has 0 aliphatic rings.